The van der Waals surface area contributed by atoms with Gasteiger partial charge in [-0.05, 0) is 72.0 Å². The molecule has 210 valence electrons. The van der Waals surface area contributed by atoms with Crippen LogP contribution < -0.4 is 5.32 Å². The first-order valence-electron chi connectivity index (χ1n) is 12.9. The van der Waals surface area contributed by atoms with Crippen molar-refractivity contribution >= 4 is 38.4 Å². The van der Waals surface area contributed by atoms with Crippen molar-refractivity contribution in [2.24, 2.45) is 0 Å². The quantitative estimate of drug-likeness (QED) is 0.218. The number of rotatable bonds is 11. The van der Waals surface area contributed by atoms with E-state index in [4.69, 9.17) is 11.6 Å². The SMILES string of the molecule is CN(C[C@H](O)CNC(C)(C)Cc1ccc2ccccc2c1)S(=O)(=O)c1cccc(-c2ccc(C(=O)O)c(Cl)c2)c1. The number of sulfonamides is 1. The molecule has 0 aliphatic carbocycles. The number of benzene rings is 4. The number of hydrogen-bond donors (Lipinski definition) is 3. The van der Waals surface area contributed by atoms with Crippen molar-refractivity contribution in [2.75, 3.05) is 20.1 Å². The first-order valence-corrected chi connectivity index (χ1v) is 14.7. The highest BCUT2D eigenvalue weighted by atomic mass is 35.5. The van der Waals surface area contributed by atoms with Crippen molar-refractivity contribution in [2.45, 2.75) is 36.8 Å². The Bertz CT molecular complexity index is 1640. The van der Waals surface area contributed by atoms with Crippen LogP contribution in [0.4, 0.5) is 0 Å². The molecule has 0 saturated carbocycles. The summed E-state index contributed by atoms with van der Waals surface area (Å²) in [6, 6.07) is 25.4. The van der Waals surface area contributed by atoms with E-state index in [1.54, 1.807) is 18.2 Å². The molecular formula is C31H33ClN2O5S. The maximum Gasteiger partial charge on any atom is 0.337 e. The summed E-state index contributed by atoms with van der Waals surface area (Å²) in [5.41, 5.74) is 1.98. The lowest BCUT2D eigenvalue weighted by molar-refractivity contribution is 0.0697. The lowest BCUT2D eigenvalue weighted by Crippen LogP contribution is -2.47. The fourth-order valence-corrected chi connectivity index (χ4v) is 6.18. The van der Waals surface area contributed by atoms with Crippen LogP contribution in [0, 0.1) is 0 Å². The Morgan fingerprint density at radius 1 is 0.950 bits per heavy atom. The summed E-state index contributed by atoms with van der Waals surface area (Å²) in [6.45, 7) is 4.23. The van der Waals surface area contributed by atoms with E-state index in [1.807, 2.05) is 12.1 Å². The van der Waals surface area contributed by atoms with Crippen LogP contribution in [0.2, 0.25) is 5.02 Å². The average Bonchev–Trinajstić information content (AvgIpc) is 2.91. The molecule has 0 aromatic heterocycles. The lowest BCUT2D eigenvalue weighted by Gasteiger charge is -2.29. The molecule has 4 aromatic rings. The average molecular weight is 581 g/mol. The number of aromatic carboxylic acids is 1. The van der Waals surface area contributed by atoms with Crippen LogP contribution in [0.5, 0.6) is 0 Å². The maximum absolute atomic E-state index is 13.3. The Balaban J connectivity index is 1.39. The van der Waals surface area contributed by atoms with Crippen molar-refractivity contribution in [3.8, 4) is 11.1 Å². The van der Waals surface area contributed by atoms with Crippen LogP contribution in [0.25, 0.3) is 21.9 Å². The van der Waals surface area contributed by atoms with Gasteiger partial charge < -0.3 is 15.5 Å². The van der Waals surface area contributed by atoms with Gasteiger partial charge in [-0.1, -0.05) is 72.3 Å². The number of likely N-dealkylation sites (N-methyl/N-ethyl adjacent to an activating group) is 1. The van der Waals surface area contributed by atoms with Gasteiger partial charge in [0.1, 0.15) is 0 Å². The van der Waals surface area contributed by atoms with Crippen LogP contribution >= 0.6 is 11.6 Å². The van der Waals surface area contributed by atoms with Crippen molar-refractivity contribution in [3.63, 3.8) is 0 Å². The molecule has 0 radical (unpaired) electrons. The van der Waals surface area contributed by atoms with Gasteiger partial charge in [0, 0.05) is 25.7 Å². The fourth-order valence-electron chi connectivity index (χ4n) is 4.66. The molecule has 0 saturated heterocycles. The monoisotopic (exact) mass is 580 g/mol. The van der Waals surface area contributed by atoms with Gasteiger partial charge in [-0.2, -0.15) is 4.31 Å². The predicted octanol–water partition coefficient (Wildman–Crippen LogP) is 5.45. The minimum atomic E-state index is -3.90. The van der Waals surface area contributed by atoms with E-state index in [0.29, 0.717) is 11.1 Å². The molecule has 0 unspecified atom stereocenters. The first-order chi connectivity index (χ1) is 18.9. The molecule has 0 bridgehead atoms. The smallest absolute Gasteiger partial charge is 0.337 e. The fraction of sp³-hybridized carbons (Fsp3) is 0.258. The minimum absolute atomic E-state index is 0.0306. The highest BCUT2D eigenvalue weighted by Crippen LogP contribution is 2.28. The van der Waals surface area contributed by atoms with Crippen LogP contribution in [-0.4, -0.2) is 60.7 Å². The van der Waals surface area contributed by atoms with E-state index in [1.165, 1.54) is 47.6 Å². The Kier molecular flexibility index (Phi) is 8.97. The number of aliphatic hydroxyl groups is 1. The molecule has 4 rings (SSSR count). The normalized spacial score (nSPS) is 13.1. The van der Waals surface area contributed by atoms with Crippen LogP contribution in [0.15, 0.2) is 89.8 Å². The third-order valence-corrected chi connectivity index (χ3v) is 8.95. The zero-order chi connectivity index (χ0) is 29.1. The van der Waals surface area contributed by atoms with Gasteiger partial charge in [0.05, 0.1) is 21.6 Å². The molecule has 0 fully saturated rings. The second-order valence-corrected chi connectivity index (χ2v) is 13.0. The molecule has 0 heterocycles. The van der Waals surface area contributed by atoms with Gasteiger partial charge in [0.15, 0.2) is 0 Å². The topological polar surface area (TPSA) is 107 Å². The van der Waals surface area contributed by atoms with E-state index in [2.05, 4.69) is 49.5 Å². The number of nitrogens with zero attached hydrogens (tertiary/aromatic N) is 1. The zero-order valence-electron chi connectivity index (χ0n) is 22.6. The Labute approximate surface area is 240 Å². The summed E-state index contributed by atoms with van der Waals surface area (Å²) in [4.78, 5) is 11.3. The number of carbonyl (C=O) groups is 1. The van der Waals surface area contributed by atoms with E-state index in [0.717, 1.165) is 10.7 Å². The third kappa shape index (κ3) is 7.08. The standard InChI is InChI=1S/C31H33ClN2O5S/c1-31(2,18-21-11-12-22-7-4-5-8-23(22)15-21)33-19-26(35)20-34(3)40(38,39)27-10-6-9-24(16-27)25-13-14-28(30(36)37)29(32)17-25/h4-17,26,33,35H,18-20H2,1-3H3,(H,36,37)/t26-/m1/s1. The van der Waals surface area contributed by atoms with Gasteiger partial charge in [0.2, 0.25) is 10.0 Å². The van der Waals surface area contributed by atoms with E-state index >= 15 is 0 Å². The Morgan fingerprint density at radius 2 is 1.65 bits per heavy atom. The van der Waals surface area contributed by atoms with Crippen molar-refractivity contribution < 1.29 is 23.4 Å². The van der Waals surface area contributed by atoms with E-state index in [9.17, 15) is 23.4 Å². The van der Waals surface area contributed by atoms with Crippen LogP contribution in [0.3, 0.4) is 0 Å². The van der Waals surface area contributed by atoms with Gasteiger partial charge in [-0.15, -0.1) is 0 Å². The number of halogens is 1. The second kappa shape index (κ2) is 12.1. The lowest BCUT2D eigenvalue weighted by atomic mass is 9.93. The summed E-state index contributed by atoms with van der Waals surface area (Å²) in [6.07, 6.45) is -0.190. The molecule has 0 spiro atoms. The van der Waals surface area contributed by atoms with Crippen molar-refractivity contribution in [1.29, 1.82) is 0 Å². The number of nitrogens with one attached hydrogen (secondary N) is 1. The summed E-state index contributed by atoms with van der Waals surface area (Å²) >= 11 is 6.10. The Morgan fingerprint density at radius 3 is 2.35 bits per heavy atom. The number of aliphatic hydroxyl groups excluding tert-OH is 1. The number of hydrogen-bond acceptors (Lipinski definition) is 5. The Hall–Kier alpha value is -3.27. The van der Waals surface area contributed by atoms with Crippen molar-refractivity contribution in [1.82, 2.24) is 9.62 Å². The molecular weight excluding hydrogens is 548 g/mol. The first kappa shape index (κ1) is 29.7. The number of fused-ring (bicyclic) bond motifs is 1. The van der Waals surface area contributed by atoms with Gasteiger partial charge in [-0.25, -0.2) is 13.2 Å². The summed E-state index contributed by atoms with van der Waals surface area (Å²) in [5, 5.41) is 25.7. The molecule has 0 aliphatic rings. The summed E-state index contributed by atoms with van der Waals surface area (Å²) in [7, 11) is -2.47. The molecule has 40 heavy (non-hydrogen) atoms. The summed E-state index contributed by atoms with van der Waals surface area (Å²) in [5.74, 6) is -1.14. The van der Waals surface area contributed by atoms with Crippen LogP contribution in [-0.2, 0) is 16.4 Å². The van der Waals surface area contributed by atoms with Gasteiger partial charge in [0.25, 0.3) is 0 Å². The summed E-state index contributed by atoms with van der Waals surface area (Å²) < 4.78 is 27.7. The van der Waals surface area contributed by atoms with Crippen LogP contribution in [0.1, 0.15) is 29.8 Å². The van der Waals surface area contributed by atoms with Gasteiger partial charge >= 0.3 is 5.97 Å². The van der Waals surface area contributed by atoms with E-state index in [-0.39, 0.29) is 34.1 Å². The van der Waals surface area contributed by atoms with Crippen molar-refractivity contribution in [3.05, 3.63) is 101 Å². The molecule has 9 heteroatoms. The molecule has 1 atom stereocenters. The third-order valence-electron chi connectivity index (χ3n) is 6.82. The molecule has 3 N–H and O–H groups in total. The molecule has 7 nitrogen and oxygen atoms in total. The number of carboxylic acids is 1. The molecule has 4 aromatic carbocycles. The van der Waals surface area contributed by atoms with E-state index < -0.39 is 22.1 Å². The number of carboxylic acid groups (broad SMARTS) is 1. The predicted molar refractivity (Wildman–Crippen MR) is 159 cm³/mol. The largest absolute Gasteiger partial charge is 0.478 e. The molecule has 0 aliphatic heterocycles. The molecule has 0 amide bonds. The second-order valence-electron chi connectivity index (χ2n) is 10.6. The maximum atomic E-state index is 13.3. The highest BCUT2D eigenvalue weighted by Gasteiger charge is 2.25. The van der Waals surface area contributed by atoms with Gasteiger partial charge in [-0.3, -0.25) is 0 Å². The number of β-amino-alcohol motifs (C(OH)–C–C–N with tert-alkyl or cyclic N) is 1. The minimum Gasteiger partial charge on any atom is -0.478 e. The zero-order valence-corrected chi connectivity index (χ0v) is 24.2. The highest BCUT2D eigenvalue weighted by molar-refractivity contribution is 7.89.